The second-order valence-corrected chi connectivity index (χ2v) is 4.53. The maximum atomic E-state index is 11.0. The Morgan fingerprint density at radius 3 is 2.28 bits per heavy atom. The number of hydrogen-bond acceptors (Lipinski definition) is 4. The Morgan fingerprint density at radius 2 is 1.89 bits per heavy atom. The Bertz CT molecular complexity index is 352. The summed E-state index contributed by atoms with van der Waals surface area (Å²) in [6, 6.07) is 0. The zero-order valence-electron chi connectivity index (χ0n) is 10.5. The van der Waals surface area contributed by atoms with Gasteiger partial charge in [-0.15, -0.1) is 0 Å². The van der Waals surface area contributed by atoms with Crippen molar-refractivity contribution in [3.05, 3.63) is 11.6 Å². The molecule has 2 N–H and O–H groups in total. The summed E-state index contributed by atoms with van der Waals surface area (Å²) >= 11 is 0. The third-order valence-corrected chi connectivity index (χ3v) is 3.14. The molecular weight excluding hydrogens is 240 g/mol. The third kappa shape index (κ3) is 3.82. The Balaban J connectivity index is 2.83. The van der Waals surface area contributed by atoms with Crippen LogP contribution in [0.1, 0.15) is 26.7 Å². The van der Waals surface area contributed by atoms with E-state index in [4.69, 9.17) is 19.7 Å². The fourth-order valence-corrected chi connectivity index (χ4v) is 1.85. The van der Waals surface area contributed by atoms with Crippen molar-refractivity contribution < 1.29 is 29.3 Å². The van der Waals surface area contributed by atoms with Gasteiger partial charge in [-0.25, -0.2) is 9.59 Å². The predicted molar refractivity (Wildman–Crippen MR) is 62.1 cm³/mol. The van der Waals surface area contributed by atoms with E-state index in [0.29, 0.717) is 19.6 Å². The minimum atomic E-state index is -1.26. The van der Waals surface area contributed by atoms with Gasteiger partial charge in [0.2, 0.25) is 0 Å². The van der Waals surface area contributed by atoms with Crippen LogP contribution in [0.4, 0.5) is 0 Å². The van der Waals surface area contributed by atoms with Crippen LogP contribution >= 0.6 is 0 Å². The topological polar surface area (TPSA) is 93.1 Å². The van der Waals surface area contributed by atoms with Crippen LogP contribution in [0.15, 0.2) is 11.6 Å². The molecule has 0 aromatic carbocycles. The lowest BCUT2D eigenvalue weighted by Crippen LogP contribution is -2.41. The first kappa shape index (κ1) is 14.7. The molecule has 0 spiro atoms. The van der Waals surface area contributed by atoms with E-state index in [9.17, 15) is 9.59 Å². The maximum absolute atomic E-state index is 11.0. The lowest BCUT2D eigenvalue weighted by Gasteiger charge is -2.38. The highest BCUT2D eigenvalue weighted by Crippen LogP contribution is 2.34. The van der Waals surface area contributed by atoms with Gasteiger partial charge < -0.3 is 19.7 Å². The molecule has 0 radical (unpaired) electrons. The zero-order chi connectivity index (χ0) is 13.8. The summed E-state index contributed by atoms with van der Waals surface area (Å²) in [5.41, 5.74) is -0.599. The average molecular weight is 258 g/mol. The maximum Gasteiger partial charge on any atom is 0.331 e. The SMILES string of the molecule is CCC1(C/C(=C/C(=O)O)C(=O)O)COC(C)OC1. The Hall–Kier alpha value is -1.40. The summed E-state index contributed by atoms with van der Waals surface area (Å²) in [7, 11) is 0. The van der Waals surface area contributed by atoms with Crippen LogP contribution in [-0.4, -0.2) is 41.7 Å². The Morgan fingerprint density at radius 1 is 1.33 bits per heavy atom. The molecule has 6 heteroatoms. The van der Waals surface area contributed by atoms with Gasteiger partial charge in [0, 0.05) is 17.1 Å². The molecular formula is C12H18O6. The van der Waals surface area contributed by atoms with Gasteiger partial charge in [-0.1, -0.05) is 6.92 Å². The largest absolute Gasteiger partial charge is 0.478 e. The molecule has 6 nitrogen and oxygen atoms in total. The van der Waals surface area contributed by atoms with E-state index < -0.39 is 17.4 Å². The molecule has 1 aliphatic heterocycles. The number of carbonyl (C=O) groups is 2. The molecule has 1 rings (SSSR count). The minimum Gasteiger partial charge on any atom is -0.478 e. The zero-order valence-corrected chi connectivity index (χ0v) is 10.5. The van der Waals surface area contributed by atoms with Crippen molar-refractivity contribution in [1.82, 2.24) is 0 Å². The molecule has 1 heterocycles. The number of ether oxygens (including phenoxy) is 2. The van der Waals surface area contributed by atoms with Crippen LogP contribution in [0.3, 0.4) is 0 Å². The van der Waals surface area contributed by atoms with Gasteiger partial charge in [-0.3, -0.25) is 0 Å². The summed E-state index contributed by atoms with van der Waals surface area (Å²) in [5.74, 6) is -2.48. The summed E-state index contributed by atoms with van der Waals surface area (Å²) in [5, 5.41) is 17.7. The van der Waals surface area contributed by atoms with Crippen LogP contribution < -0.4 is 0 Å². The smallest absolute Gasteiger partial charge is 0.331 e. The van der Waals surface area contributed by atoms with Crippen LogP contribution in [0.2, 0.25) is 0 Å². The molecule has 0 saturated carbocycles. The second kappa shape index (κ2) is 5.97. The average Bonchev–Trinajstić information content (AvgIpc) is 2.31. The van der Waals surface area contributed by atoms with Crippen LogP contribution in [-0.2, 0) is 19.1 Å². The summed E-state index contributed by atoms with van der Waals surface area (Å²) in [6.07, 6.45) is 1.21. The highest BCUT2D eigenvalue weighted by molar-refractivity contribution is 5.94. The molecule has 0 bridgehead atoms. The van der Waals surface area contributed by atoms with Crippen molar-refractivity contribution in [1.29, 1.82) is 0 Å². The predicted octanol–water partition coefficient (Wildman–Crippen LogP) is 1.26. The monoisotopic (exact) mass is 258 g/mol. The lowest BCUT2D eigenvalue weighted by atomic mass is 9.80. The van der Waals surface area contributed by atoms with E-state index in [1.165, 1.54) is 0 Å². The first-order valence-electron chi connectivity index (χ1n) is 5.78. The van der Waals surface area contributed by atoms with Crippen LogP contribution in [0.25, 0.3) is 0 Å². The molecule has 18 heavy (non-hydrogen) atoms. The molecule has 0 aromatic rings. The summed E-state index contributed by atoms with van der Waals surface area (Å²) in [6.45, 7) is 4.41. The van der Waals surface area contributed by atoms with Gasteiger partial charge in [0.1, 0.15) is 0 Å². The quantitative estimate of drug-likeness (QED) is 0.721. The number of hydrogen-bond donors (Lipinski definition) is 2. The molecule has 0 unspecified atom stereocenters. The molecule has 0 aliphatic carbocycles. The Kier molecular flexibility index (Phi) is 4.86. The molecule has 0 amide bonds. The van der Waals surface area contributed by atoms with E-state index in [-0.39, 0.29) is 18.3 Å². The first-order valence-corrected chi connectivity index (χ1v) is 5.78. The van der Waals surface area contributed by atoms with Crippen LogP contribution in [0, 0.1) is 5.41 Å². The van der Waals surface area contributed by atoms with Crippen molar-refractivity contribution in [3.8, 4) is 0 Å². The van der Waals surface area contributed by atoms with E-state index in [1.54, 1.807) is 6.92 Å². The van der Waals surface area contributed by atoms with E-state index in [1.807, 2.05) is 6.92 Å². The molecule has 102 valence electrons. The third-order valence-electron chi connectivity index (χ3n) is 3.14. The number of rotatable bonds is 5. The summed E-state index contributed by atoms with van der Waals surface area (Å²) in [4.78, 5) is 21.6. The fraction of sp³-hybridized carbons (Fsp3) is 0.667. The van der Waals surface area contributed by atoms with Gasteiger partial charge in [-0.2, -0.15) is 0 Å². The molecule has 1 fully saturated rings. The molecule has 0 aromatic heterocycles. The van der Waals surface area contributed by atoms with Gasteiger partial charge in [0.05, 0.1) is 13.2 Å². The molecule has 1 aliphatic rings. The van der Waals surface area contributed by atoms with Crippen molar-refractivity contribution in [2.45, 2.75) is 33.0 Å². The van der Waals surface area contributed by atoms with Gasteiger partial charge >= 0.3 is 11.9 Å². The van der Waals surface area contributed by atoms with E-state index in [2.05, 4.69) is 0 Å². The highest BCUT2D eigenvalue weighted by Gasteiger charge is 2.36. The minimum absolute atomic E-state index is 0.123. The van der Waals surface area contributed by atoms with Crippen molar-refractivity contribution in [2.24, 2.45) is 5.41 Å². The molecule has 0 atom stereocenters. The lowest BCUT2D eigenvalue weighted by molar-refractivity contribution is -0.221. The van der Waals surface area contributed by atoms with Crippen molar-refractivity contribution in [2.75, 3.05) is 13.2 Å². The van der Waals surface area contributed by atoms with Crippen molar-refractivity contribution in [3.63, 3.8) is 0 Å². The number of aliphatic carboxylic acids is 2. The first-order chi connectivity index (χ1) is 8.38. The number of carboxylic acids is 2. The molecule has 1 saturated heterocycles. The van der Waals surface area contributed by atoms with Crippen molar-refractivity contribution >= 4 is 11.9 Å². The van der Waals surface area contributed by atoms with E-state index in [0.717, 1.165) is 6.08 Å². The standard InChI is InChI=1S/C12H18O6/c1-3-12(6-17-8(2)18-7-12)5-9(11(15)16)4-10(13)14/h4,8H,3,5-7H2,1-2H3,(H,13,14)(H,15,16)/b9-4-. The number of carboxylic acid groups (broad SMARTS) is 2. The van der Waals surface area contributed by atoms with Crippen LogP contribution in [0.5, 0.6) is 0 Å². The summed E-state index contributed by atoms with van der Waals surface area (Å²) < 4.78 is 10.8. The Labute approximate surface area is 105 Å². The normalized spacial score (nSPS) is 29.0. The second-order valence-electron chi connectivity index (χ2n) is 4.53. The fourth-order valence-electron chi connectivity index (χ4n) is 1.85. The van der Waals surface area contributed by atoms with Gasteiger partial charge in [0.25, 0.3) is 0 Å². The van der Waals surface area contributed by atoms with Gasteiger partial charge in [-0.05, 0) is 19.8 Å². The van der Waals surface area contributed by atoms with E-state index >= 15 is 0 Å². The highest BCUT2D eigenvalue weighted by atomic mass is 16.7. The van der Waals surface area contributed by atoms with Gasteiger partial charge in [0.15, 0.2) is 6.29 Å².